The smallest absolute Gasteiger partial charge is 0.254 e. The second-order valence-electron chi connectivity index (χ2n) is 7.87. The minimum absolute atomic E-state index is 0.00368. The molecule has 0 bridgehead atoms. The van der Waals surface area contributed by atoms with Crippen LogP contribution in [0.2, 0.25) is 0 Å². The lowest BCUT2D eigenvalue weighted by Gasteiger charge is -2.36. The number of piperazine rings is 1. The molecule has 4 heterocycles. The summed E-state index contributed by atoms with van der Waals surface area (Å²) in [5, 5.41) is 7.74. The average Bonchev–Trinajstić information content (AvgIpc) is 3.27. The monoisotopic (exact) mass is 446 g/mol. The highest BCUT2D eigenvalue weighted by molar-refractivity contribution is 5.81. The number of aryl methyl sites for hydroxylation is 1. The number of nitrogens with zero attached hydrogens (tertiary/aromatic N) is 7. The highest BCUT2D eigenvalue weighted by Crippen LogP contribution is 2.19. The maximum absolute atomic E-state index is 13.2. The summed E-state index contributed by atoms with van der Waals surface area (Å²) in [5.41, 5.74) is 2.53. The van der Waals surface area contributed by atoms with E-state index in [0.29, 0.717) is 43.6 Å². The van der Waals surface area contributed by atoms with Crippen LogP contribution in [0, 0.1) is 12.7 Å². The summed E-state index contributed by atoms with van der Waals surface area (Å²) in [7, 11) is 0. The van der Waals surface area contributed by atoms with Crippen molar-refractivity contribution in [3.8, 4) is 11.4 Å². The fourth-order valence-corrected chi connectivity index (χ4v) is 3.87. The summed E-state index contributed by atoms with van der Waals surface area (Å²) >= 11 is 0. The van der Waals surface area contributed by atoms with Gasteiger partial charge in [-0.15, -0.1) is 5.10 Å². The van der Waals surface area contributed by atoms with Gasteiger partial charge in [0, 0.05) is 61.6 Å². The largest absolute Gasteiger partial charge is 0.368 e. The molecule has 1 fully saturated rings. The highest BCUT2D eigenvalue weighted by atomic mass is 19.1. The molecule has 3 aromatic heterocycles. The molecule has 0 aliphatic carbocycles. The van der Waals surface area contributed by atoms with Gasteiger partial charge in [-0.2, -0.15) is 9.50 Å². The molecule has 1 aliphatic rings. The first-order valence-electron chi connectivity index (χ1n) is 10.7. The Morgan fingerprint density at radius 2 is 1.88 bits per heavy atom. The predicted molar refractivity (Wildman–Crippen MR) is 122 cm³/mol. The third kappa shape index (κ3) is 4.45. The number of carbonyl (C=O) groups is 1. The third-order valence-electron chi connectivity index (χ3n) is 5.60. The van der Waals surface area contributed by atoms with Crippen LogP contribution in [0.1, 0.15) is 5.69 Å². The van der Waals surface area contributed by atoms with Crippen molar-refractivity contribution in [2.24, 2.45) is 0 Å². The number of aromatic nitrogens is 5. The molecule has 168 valence electrons. The summed E-state index contributed by atoms with van der Waals surface area (Å²) in [4.78, 5) is 29.9. The van der Waals surface area contributed by atoms with Crippen molar-refractivity contribution in [1.82, 2.24) is 29.5 Å². The van der Waals surface area contributed by atoms with Gasteiger partial charge in [-0.25, -0.2) is 9.37 Å². The Morgan fingerprint density at radius 1 is 1.09 bits per heavy atom. The van der Waals surface area contributed by atoms with Gasteiger partial charge in [0.2, 0.25) is 5.91 Å². The summed E-state index contributed by atoms with van der Waals surface area (Å²) in [6.07, 6.45) is 3.39. The molecule has 9 nitrogen and oxygen atoms in total. The summed E-state index contributed by atoms with van der Waals surface area (Å²) in [6.45, 7) is 4.63. The van der Waals surface area contributed by atoms with Crippen LogP contribution in [0.3, 0.4) is 0 Å². The molecule has 1 aliphatic heterocycles. The Balaban J connectivity index is 1.25. The van der Waals surface area contributed by atoms with Crippen molar-refractivity contribution < 1.29 is 9.18 Å². The first kappa shape index (κ1) is 20.8. The van der Waals surface area contributed by atoms with Crippen molar-refractivity contribution in [3.05, 3.63) is 66.4 Å². The number of anilines is 2. The summed E-state index contributed by atoms with van der Waals surface area (Å²) < 4.78 is 14.8. The number of amides is 1. The molecule has 33 heavy (non-hydrogen) atoms. The molecule has 1 saturated heterocycles. The van der Waals surface area contributed by atoms with E-state index in [1.807, 2.05) is 30.0 Å². The Kier molecular flexibility index (Phi) is 5.55. The highest BCUT2D eigenvalue weighted by Gasteiger charge is 2.21. The summed E-state index contributed by atoms with van der Waals surface area (Å²) in [6, 6.07) is 12.0. The Bertz CT molecular complexity index is 1270. The number of rotatable bonds is 5. The standard InChI is InChI=1S/C23H23FN8O/c1-16-13-20(32-23(27-16)28-22(29-32)17-3-2-8-25-14-17)26-15-21(33)31-11-9-30(10-12-31)19-6-4-18(24)5-7-19/h2-8,13-14,26H,9-12,15H2,1H3. The Hall–Kier alpha value is -4.08. The van der Waals surface area contributed by atoms with Crippen LogP contribution >= 0.6 is 0 Å². The first-order valence-corrected chi connectivity index (χ1v) is 10.7. The minimum Gasteiger partial charge on any atom is -0.368 e. The number of carbonyl (C=O) groups excluding carboxylic acids is 1. The van der Waals surface area contributed by atoms with E-state index < -0.39 is 0 Å². The molecule has 0 saturated carbocycles. The predicted octanol–water partition coefficient (Wildman–Crippen LogP) is 2.39. The zero-order valence-electron chi connectivity index (χ0n) is 18.1. The van der Waals surface area contributed by atoms with Crippen molar-refractivity contribution in [3.63, 3.8) is 0 Å². The van der Waals surface area contributed by atoms with Gasteiger partial charge in [0.15, 0.2) is 5.82 Å². The number of pyridine rings is 1. The van der Waals surface area contributed by atoms with Gasteiger partial charge >= 0.3 is 0 Å². The lowest BCUT2D eigenvalue weighted by atomic mass is 10.2. The van der Waals surface area contributed by atoms with Crippen molar-refractivity contribution >= 4 is 23.2 Å². The Morgan fingerprint density at radius 3 is 2.61 bits per heavy atom. The van der Waals surface area contributed by atoms with Crippen LogP contribution in [-0.2, 0) is 4.79 Å². The van der Waals surface area contributed by atoms with Gasteiger partial charge in [0.25, 0.3) is 5.78 Å². The average molecular weight is 446 g/mol. The number of fused-ring (bicyclic) bond motifs is 1. The Labute approximate surface area is 189 Å². The molecule has 0 spiro atoms. The molecule has 4 aromatic rings. The molecule has 5 rings (SSSR count). The molecule has 1 amide bonds. The molecule has 0 atom stereocenters. The maximum atomic E-state index is 13.2. The topological polar surface area (TPSA) is 91.6 Å². The second-order valence-corrected chi connectivity index (χ2v) is 7.87. The zero-order chi connectivity index (χ0) is 22.8. The molecular formula is C23H23FN8O. The lowest BCUT2D eigenvalue weighted by Crippen LogP contribution is -2.50. The molecule has 0 unspecified atom stereocenters. The molecule has 0 radical (unpaired) electrons. The zero-order valence-corrected chi connectivity index (χ0v) is 18.1. The fourth-order valence-electron chi connectivity index (χ4n) is 3.87. The number of hydrogen-bond donors (Lipinski definition) is 1. The van der Waals surface area contributed by atoms with Crippen molar-refractivity contribution in [2.45, 2.75) is 6.92 Å². The van der Waals surface area contributed by atoms with Crippen LogP contribution in [0.15, 0.2) is 54.9 Å². The van der Waals surface area contributed by atoms with E-state index in [2.05, 4.69) is 30.3 Å². The SMILES string of the molecule is Cc1cc(NCC(=O)N2CCN(c3ccc(F)cc3)CC2)n2nc(-c3cccnc3)nc2n1. The minimum atomic E-state index is -0.251. The normalized spacial score (nSPS) is 14.0. The van der Waals surface area contributed by atoms with Crippen molar-refractivity contribution in [2.75, 3.05) is 42.9 Å². The first-order chi connectivity index (χ1) is 16.1. The molecule has 1 N–H and O–H groups in total. The van der Waals surface area contributed by atoms with E-state index >= 15 is 0 Å². The molecular weight excluding hydrogens is 423 g/mol. The summed E-state index contributed by atoms with van der Waals surface area (Å²) in [5.74, 6) is 1.38. The van der Waals surface area contributed by atoms with E-state index in [1.165, 1.54) is 12.1 Å². The van der Waals surface area contributed by atoms with Gasteiger partial charge in [-0.1, -0.05) is 0 Å². The third-order valence-corrected chi connectivity index (χ3v) is 5.60. The van der Waals surface area contributed by atoms with Gasteiger partial charge in [0.05, 0.1) is 6.54 Å². The van der Waals surface area contributed by atoms with Gasteiger partial charge in [0.1, 0.15) is 11.6 Å². The van der Waals surface area contributed by atoms with Crippen LogP contribution in [0.5, 0.6) is 0 Å². The van der Waals surface area contributed by atoms with E-state index in [4.69, 9.17) is 0 Å². The van der Waals surface area contributed by atoms with E-state index in [0.717, 1.165) is 16.9 Å². The van der Waals surface area contributed by atoms with Crippen LogP contribution in [-0.4, -0.2) is 68.1 Å². The number of halogens is 1. The molecule has 10 heteroatoms. The number of nitrogens with one attached hydrogen (secondary N) is 1. The lowest BCUT2D eigenvalue weighted by molar-refractivity contribution is -0.129. The van der Waals surface area contributed by atoms with E-state index in [1.54, 1.807) is 29.0 Å². The van der Waals surface area contributed by atoms with Crippen molar-refractivity contribution in [1.29, 1.82) is 0 Å². The fraction of sp³-hybridized carbons (Fsp3) is 0.261. The van der Waals surface area contributed by atoms with Crippen LogP contribution in [0.25, 0.3) is 17.2 Å². The van der Waals surface area contributed by atoms with E-state index in [9.17, 15) is 9.18 Å². The second kappa shape index (κ2) is 8.81. The number of hydrogen-bond acceptors (Lipinski definition) is 7. The van der Waals surface area contributed by atoms with Crippen LogP contribution in [0.4, 0.5) is 15.9 Å². The van der Waals surface area contributed by atoms with Gasteiger partial charge in [-0.3, -0.25) is 9.78 Å². The molecule has 1 aromatic carbocycles. The van der Waals surface area contributed by atoms with Crippen LogP contribution < -0.4 is 10.2 Å². The maximum Gasteiger partial charge on any atom is 0.254 e. The quantitative estimate of drug-likeness (QED) is 0.503. The van der Waals surface area contributed by atoms with Gasteiger partial charge in [-0.05, 0) is 43.3 Å². The van der Waals surface area contributed by atoms with Gasteiger partial charge < -0.3 is 15.1 Å². The van der Waals surface area contributed by atoms with E-state index in [-0.39, 0.29) is 18.3 Å². The number of benzene rings is 1.